The average Bonchev–Trinajstić information content (AvgIpc) is 3.08. The van der Waals surface area contributed by atoms with Crippen molar-refractivity contribution in [2.75, 3.05) is 13.2 Å². The first-order valence-corrected chi connectivity index (χ1v) is 22.1. The van der Waals surface area contributed by atoms with Crippen LogP contribution in [-0.2, 0) is 26.2 Å². The van der Waals surface area contributed by atoms with Gasteiger partial charge >= 0.3 is 66.0 Å². The van der Waals surface area contributed by atoms with Gasteiger partial charge in [0.1, 0.15) is 37.7 Å². The molecule has 0 aliphatic carbocycles. The number of unbranched alkanes of at least 4 members (excludes halogenated alkanes) is 7. The van der Waals surface area contributed by atoms with Crippen molar-refractivity contribution in [3.63, 3.8) is 0 Å². The van der Waals surface area contributed by atoms with Gasteiger partial charge in [0.15, 0.2) is 0 Å². The van der Waals surface area contributed by atoms with E-state index in [1.165, 1.54) is 60.8 Å². The summed E-state index contributed by atoms with van der Waals surface area (Å²) in [5.41, 5.74) is 5.40. The van der Waals surface area contributed by atoms with Crippen LogP contribution in [0.15, 0.2) is 109 Å². The van der Waals surface area contributed by atoms with Crippen molar-refractivity contribution in [3.8, 4) is 11.5 Å². The molecule has 0 aliphatic heterocycles. The maximum Gasteiger partial charge on any atom is 0.119 e. The molecule has 0 aliphatic rings. The van der Waals surface area contributed by atoms with Gasteiger partial charge in [-0.25, -0.2) is 0 Å². The number of halogens is 12. The molecule has 0 atom stereocenters. The summed E-state index contributed by atoms with van der Waals surface area (Å²) < 4.78 is 130. The van der Waals surface area contributed by atoms with Crippen molar-refractivity contribution in [1.82, 2.24) is 0 Å². The number of ether oxygens (including phenoxy) is 2. The maximum atomic E-state index is 9.87. The molecule has 0 unspecified atom stereocenters. The van der Waals surface area contributed by atoms with Crippen LogP contribution < -0.4 is 20.1 Å². The first-order chi connectivity index (χ1) is 25.7. The molecule has 4 N–H and O–H groups in total. The van der Waals surface area contributed by atoms with Crippen LogP contribution in [0.1, 0.15) is 73.6 Å². The van der Waals surface area contributed by atoms with Gasteiger partial charge in [-0.2, -0.15) is 0 Å². The van der Waals surface area contributed by atoms with E-state index in [2.05, 4.69) is 120 Å². The molecule has 0 aromatic heterocycles. The molecule has 0 fully saturated rings. The summed E-state index contributed by atoms with van der Waals surface area (Å²) in [6.45, 7) is 5.63. The molecule has 0 heterocycles. The fourth-order valence-corrected chi connectivity index (χ4v) is 5.13. The molecule has 4 aromatic rings. The molecule has 18 heteroatoms. The van der Waals surface area contributed by atoms with E-state index in [0.717, 1.165) is 63.7 Å². The monoisotopic (exact) mass is 856 g/mol. The fourth-order valence-electron chi connectivity index (χ4n) is 5.13. The summed E-state index contributed by atoms with van der Waals surface area (Å²) >= 11 is 0. The number of nitrogens with two attached hydrogens (primary N) is 2. The molecule has 4 aromatic carbocycles. The fraction of sp³-hybridized carbons (Fsp3) is 0.368. The SMILES string of the molecule is F[P-](F)(F)(F)(F)F.F[P-](F)(F)(F)(F)F.c1ccc(C[NH2+]Cc2ccc(OCCCCCCCCCCOc3ccc(C[NH2+]Cc4ccccc4)cc3)cc2)cc1. The van der Waals surface area contributed by atoms with E-state index >= 15 is 0 Å². The third-order valence-electron chi connectivity index (χ3n) is 7.63. The summed E-state index contributed by atoms with van der Waals surface area (Å²) in [4.78, 5) is 0. The van der Waals surface area contributed by atoms with E-state index in [0.29, 0.717) is 0 Å². The van der Waals surface area contributed by atoms with Crippen LogP contribution >= 0.6 is 15.6 Å². The van der Waals surface area contributed by atoms with Gasteiger partial charge in [-0.15, -0.1) is 0 Å². The van der Waals surface area contributed by atoms with Crippen molar-refractivity contribution < 1.29 is 70.5 Å². The molecule has 4 rings (SSSR count). The Morgan fingerprint density at radius 3 is 0.821 bits per heavy atom. The van der Waals surface area contributed by atoms with E-state index in [4.69, 9.17) is 9.47 Å². The molecule has 0 saturated heterocycles. The van der Waals surface area contributed by atoms with Gasteiger partial charge in [-0.1, -0.05) is 99.2 Å². The summed E-state index contributed by atoms with van der Waals surface area (Å²) in [5.74, 6) is 1.97. The summed E-state index contributed by atoms with van der Waals surface area (Å²) in [7, 11) is -21.3. The van der Waals surface area contributed by atoms with Crippen LogP contribution in [0.5, 0.6) is 11.5 Å². The summed E-state index contributed by atoms with van der Waals surface area (Å²) in [6, 6.07) is 38.4. The zero-order valence-electron chi connectivity index (χ0n) is 30.7. The molecule has 0 amide bonds. The Bertz CT molecular complexity index is 1520. The third-order valence-corrected chi connectivity index (χ3v) is 7.63. The van der Waals surface area contributed by atoms with Gasteiger partial charge in [0.25, 0.3) is 0 Å². The molecular weight excluding hydrogens is 806 g/mol. The zero-order valence-corrected chi connectivity index (χ0v) is 32.5. The Hall–Kier alpha value is -3.58. The first kappa shape index (κ1) is 48.6. The van der Waals surface area contributed by atoms with Crippen molar-refractivity contribution in [2.24, 2.45) is 0 Å². The Labute approximate surface area is 319 Å². The Morgan fingerprint density at radius 1 is 0.321 bits per heavy atom. The minimum atomic E-state index is -10.7. The molecule has 0 radical (unpaired) electrons. The van der Waals surface area contributed by atoms with Crippen LogP contribution in [0.2, 0.25) is 0 Å². The third kappa shape index (κ3) is 34.9. The Morgan fingerprint density at radius 2 is 0.554 bits per heavy atom. The van der Waals surface area contributed by atoms with E-state index in [1.807, 2.05) is 0 Å². The normalized spacial score (nSPS) is 14.0. The van der Waals surface area contributed by atoms with Gasteiger partial charge in [0.05, 0.1) is 13.2 Å². The number of benzene rings is 4. The molecule has 0 spiro atoms. The Balaban J connectivity index is 0.000000657. The predicted octanol–water partition coefficient (Wildman–Crippen LogP) is 13.6. The number of hydrogen-bond acceptors (Lipinski definition) is 2. The zero-order chi connectivity index (χ0) is 41.7. The van der Waals surface area contributed by atoms with Gasteiger partial charge in [0.2, 0.25) is 0 Å². The molecule has 0 bridgehead atoms. The standard InChI is InChI=1S/C38H48N2O2.2F6P/c1(3-5-13-27-41-37-23-19-35(20-24-37)31-39-29-33-15-9-7-10-16-33)2-4-6-14-28-42-38-25-21-36(22-26-38)32-40-30-34-17-11-8-12-18-34;2*1-7(2,3,4,5)6/h7-12,15-26,39-40H,1-6,13-14,27-32H2;;/q;2*-1/p+2. The molecule has 56 heavy (non-hydrogen) atoms. The minimum Gasteiger partial charge on any atom is -0.494 e. The van der Waals surface area contributed by atoms with Gasteiger partial charge in [-0.3, -0.25) is 0 Å². The van der Waals surface area contributed by atoms with Crippen LogP contribution in [0, 0.1) is 0 Å². The second-order valence-corrected chi connectivity index (χ2v) is 16.9. The Kier molecular flexibility index (Phi) is 17.5. The summed E-state index contributed by atoms with van der Waals surface area (Å²) in [5, 5.41) is 4.68. The largest absolute Gasteiger partial charge is 0.494 e. The summed E-state index contributed by atoms with van der Waals surface area (Å²) in [6.07, 6.45) is 9.98. The van der Waals surface area contributed by atoms with E-state index < -0.39 is 15.6 Å². The van der Waals surface area contributed by atoms with Crippen molar-refractivity contribution in [3.05, 3.63) is 131 Å². The molecule has 318 valence electrons. The van der Waals surface area contributed by atoms with Crippen LogP contribution in [0.25, 0.3) is 0 Å². The minimum absolute atomic E-state index is 0.809. The maximum absolute atomic E-state index is 10.7. The predicted molar refractivity (Wildman–Crippen MR) is 199 cm³/mol. The van der Waals surface area contributed by atoms with E-state index in [1.54, 1.807) is 0 Å². The van der Waals surface area contributed by atoms with Crippen molar-refractivity contribution in [2.45, 2.75) is 77.5 Å². The second kappa shape index (κ2) is 20.2. The topological polar surface area (TPSA) is 51.7 Å². The number of hydrogen-bond donors (Lipinski definition) is 2. The van der Waals surface area contributed by atoms with Crippen molar-refractivity contribution in [1.29, 1.82) is 0 Å². The molecule has 0 saturated carbocycles. The quantitative estimate of drug-likeness (QED) is 0.0498. The van der Waals surface area contributed by atoms with Gasteiger partial charge in [0, 0.05) is 22.3 Å². The average molecular weight is 857 g/mol. The van der Waals surface area contributed by atoms with Crippen LogP contribution in [0.4, 0.5) is 50.4 Å². The molecular formula is C38H50F12N2O2P2. The van der Waals surface area contributed by atoms with Crippen LogP contribution in [-0.4, -0.2) is 13.2 Å². The van der Waals surface area contributed by atoms with E-state index in [9.17, 15) is 50.4 Å². The van der Waals surface area contributed by atoms with E-state index in [-0.39, 0.29) is 0 Å². The van der Waals surface area contributed by atoms with Gasteiger partial charge < -0.3 is 20.1 Å². The number of quaternary nitrogens is 2. The van der Waals surface area contributed by atoms with Gasteiger partial charge in [-0.05, 0) is 61.4 Å². The smallest absolute Gasteiger partial charge is 0.119 e. The second-order valence-electron chi connectivity index (χ2n) is 13.1. The van der Waals surface area contributed by atoms with Crippen molar-refractivity contribution >= 4 is 15.6 Å². The first-order valence-electron chi connectivity index (χ1n) is 18.0. The molecule has 4 nitrogen and oxygen atoms in total. The van der Waals surface area contributed by atoms with Crippen LogP contribution in [0.3, 0.4) is 0 Å². The number of rotatable bonds is 21.